The molecule has 0 heterocycles. The number of rotatable bonds is 6. The summed E-state index contributed by atoms with van der Waals surface area (Å²) in [6.07, 6.45) is 1.90. The van der Waals surface area contributed by atoms with Gasteiger partial charge in [-0.2, -0.15) is 0 Å². The molecule has 0 spiro atoms. The molecule has 0 bridgehead atoms. The summed E-state index contributed by atoms with van der Waals surface area (Å²) in [5.41, 5.74) is 2.61. The van der Waals surface area contributed by atoms with Crippen molar-refractivity contribution < 1.29 is 16.9 Å². The van der Waals surface area contributed by atoms with E-state index in [1.807, 2.05) is 6.08 Å². The van der Waals surface area contributed by atoms with Crippen LogP contribution in [0, 0.1) is 0 Å². The topological polar surface area (TPSA) is 0 Å². The van der Waals surface area contributed by atoms with Crippen molar-refractivity contribution >= 4 is 6.08 Å². The smallest absolute Gasteiger partial charge is 0.105 e. The third-order valence-corrected chi connectivity index (χ3v) is 4.56. The van der Waals surface area contributed by atoms with Crippen LogP contribution in [-0.2, 0) is 6.54 Å². The lowest BCUT2D eigenvalue weighted by atomic mass is 10.0. The minimum absolute atomic E-state index is 0. The van der Waals surface area contributed by atoms with Gasteiger partial charge in [-0.05, 0) is 47.1 Å². The van der Waals surface area contributed by atoms with Crippen molar-refractivity contribution in [2.45, 2.75) is 66.2 Å². The molecule has 20 heavy (non-hydrogen) atoms. The maximum absolute atomic E-state index is 3.82. The summed E-state index contributed by atoms with van der Waals surface area (Å²) in [6.45, 7) is 19.0. The third-order valence-electron chi connectivity index (χ3n) is 4.56. The number of benzene rings is 1. The van der Waals surface area contributed by atoms with Crippen LogP contribution in [0.4, 0.5) is 0 Å². The average molecular weight is 296 g/mol. The summed E-state index contributed by atoms with van der Waals surface area (Å²) in [6, 6.07) is 10.7. The van der Waals surface area contributed by atoms with E-state index >= 15 is 0 Å². The summed E-state index contributed by atoms with van der Waals surface area (Å²) in [5, 5.41) is 0. The number of quaternary nitrogens is 1. The van der Waals surface area contributed by atoms with Crippen LogP contribution in [0.5, 0.6) is 0 Å². The van der Waals surface area contributed by atoms with Crippen LogP contribution in [0.1, 0.15) is 52.7 Å². The SMILES string of the molecule is C=Cc1ccc(C[N+](C(C)C)(C(C)C)C(C)C)cc1.[Cl-]. The molecule has 0 aliphatic carbocycles. The lowest BCUT2D eigenvalue weighted by molar-refractivity contribution is -0.997. The standard InChI is InChI=1S/C18H30N.ClH/c1-8-17-9-11-18(12-10-17)13-19(14(2)3,15(4)5)16(6)7;/h8-12,14-16H,1,13H2,2-7H3;1H/q+1;/p-1. The van der Waals surface area contributed by atoms with Gasteiger partial charge in [0.25, 0.3) is 0 Å². The molecule has 0 aliphatic heterocycles. The van der Waals surface area contributed by atoms with E-state index in [1.54, 1.807) is 0 Å². The lowest BCUT2D eigenvalue weighted by Gasteiger charge is -2.49. The lowest BCUT2D eigenvalue weighted by Crippen LogP contribution is -3.00. The number of halogens is 1. The van der Waals surface area contributed by atoms with Gasteiger partial charge in [0.2, 0.25) is 0 Å². The van der Waals surface area contributed by atoms with Gasteiger partial charge in [0.05, 0.1) is 18.1 Å². The second-order valence-corrected chi connectivity index (χ2v) is 6.38. The van der Waals surface area contributed by atoms with Crippen LogP contribution >= 0.6 is 0 Å². The van der Waals surface area contributed by atoms with Crippen molar-refractivity contribution in [1.82, 2.24) is 0 Å². The molecule has 0 aliphatic rings. The molecule has 0 radical (unpaired) electrons. The molecule has 1 nitrogen and oxygen atoms in total. The molecule has 1 aromatic rings. The number of nitrogens with zero attached hydrogens (tertiary/aromatic N) is 1. The van der Waals surface area contributed by atoms with Crippen molar-refractivity contribution in [3.05, 3.63) is 42.0 Å². The summed E-state index contributed by atoms with van der Waals surface area (Å²) in [5.74, 6) is 0. The van der Waals surface area contributed by atoms with Crippen LogP contribution < -0.4 is 12.4 Å². The van der Waals surface area contributed by atoms with Gasteiger partial charge in [-0.25, -0.2) is 0 Å². The van der Waals surface area contributed by atoms with Gasteiger partial charge in [-0.3, -0.25) is 0 Å². The normalized spacial score (nSPS) is 11.8. The van der Waals surface area contributed by atoms with Gasteiger partial charge in [-0.15, -0.1) is 0 Å². The summed E-state index contributed by atoms with van der Waals surface area (Å²) < 4.78 is 1.13. The molecule has 2 heteroatoms. The molecule has 1 aromatic carbocycles. The van der Waals surface area contributed by atoms with Crippen molar-refractivity contribution in [1.29, 1.82) is 0 Å². The van der Waals surface area contributed by atoms with Crippen LogP contribution in [-0.4, -0.2) is 22.6 Å². The third kappa shape index (κ3) is 3.86. The van der Waals surface area contributed by atoms with Crippen LogP contribution in [0.25, 0.3) is 6.08 Å². The second kappa shape index (κ2) is 7.85. The molecular formula is C18H30ClN. The zero-order valence-corrected chi connectivity index (χ0v) is 14.6. The minimum atomic E-state index is 0. The first-order valence-electron chi connectivity index (χ1n) is 7.43. The molecule has 0 amide bonds. The van der Waals surface area contributed by atoms with Gasteiger partial charge in [0.1, 0.15) is 6.54 Å². The van der Waals surface area contributed by atoms with E-state index in [4.69, 9.17) is 0 Å². The molecule has 114 valence electrons. The number of hydrogen-bond acceptors (Lipinski definition) is 0. The van der Waals surface area contributed by atoms with Crippen LogP contribution in [0.3, 0.4) is 0 Å². The number of hydrogen-bond donors (Lipinski definition) is 0. The molecule has 0 fully saturated rings. The van der Waals surface area contributed by atoms with E-state index in [0.717, 1.165) is 11.0 Å². The fraction of sp³-hybridized carbons (Fsp3) is 0.556. The molecule has 0 atom stereocenters. The zero-order chi connectivity index (χ0) is 14.6. The minimum Gasteiger partial charge on any atom is -1.00 e. The Hall–Kier alpha value is -0.790. The van der Waals surface area contributed by atoms with Crippen molar-refractivity contribution in [3.8, 4) is 0 Å². The van der Waals surface area contributed by atoms with E-state index in [0.29, 0.717) is 18.1 Å². The largest absolute Gasteiger partial charge is 1.00 e. The summed E-state index contributed by atoms with van der Waals surface area (Å²) >= 11 is 0. The Balaban J connectivity index is 0.00000361. The Kier molecular flexibility index (Phi) is 7.54. The van der Waals surface area contributed by atoms with Gasteiger partial charge in [0.15, 0.2) is 0 Å². The van der Waals surface area contributed by atoms with Crippen molar-refractivity contribution in [2.24, 2.45) is 0 Å². The maximum Gasteiger partial charge on any atom is 0.105 e. The monoisotopic (exact) mass is 295 g/mol. The maximum atomic E-state index is 3.82. The average Bonchev–Trinajstić information content (AvgIpc) is 2.35. The van der Waals surface area contributed by atoms with Crippen LogP contribution in [0.2, 0.25) is 0 Å². The highest BCUT2D eigenvalue weighted by Crippen LogP contribution is 2.28. The molecule has 0 unspecified atom stereocenters. The molecule has 1 rings (SSSR count). The van der Waals surface area contributed by atoms with E-state index in [9.17, 15) is 0 Å². The van der Waals surface area contributed by atoms with Gasteiger partial charge < -0.3 is 16.9 Å². The molecule has 0 saturated carbocycles. The predicted molar refractivity (Wildman–Crippen MR) is 85.9 cm³/mol. The van der Waals surface area contributed by atoms with E-state index in [2.05, 4.69) is 72.4 Å². The molecule has 0 aromatic heterocycles. The highest BCUT2D eigenvalue weighted by atomic mass is 35.5. The molecule has 0 N–H and O–H groups in total. The first-order valence-corrected chi connectivity index (χ1v) is 7.43. The first kappa shape index (κ1) is 19.2. The molecular weight excluding hydrogens is 266 g/mol. The zero-order valence-electron chi connectivity index (χ0n) is 13.9. The predicted octanol–water partition coefficient (Wildman–Crippen LogP) is 1.88. The Morgan fingerprint density at radius 2 is 1.30 bits per heavy atom. The van der Waals surface area contributed by atoms with E-state index in [-0.39, 0.29) is 12.4 Å². The quantitative estimate of drug-likeness (QED) is 0.703. The highest BCUT2D eigenvalue weighted by Gasteiger charge is 2.37. The Labute approximate surface area is 131 Å². The fourth-order valence-electron chi connectivity index (χ4n) is 3.41. The van der Waals surface area contributed by atoms with Crippen molar-refractivity contribution in [2.75, 3.05) is 0 Å². The van der Waals surface area contributed by atoms with E-state index in [1.165, 1.54) is 11.1 Å². The second-order valence-electron chi connectivity index (χ2n) is 6.38. The van der Waals surface area contributed by atoms with Gasteiger partial charge in [-0.1, -0.05) is 36.9 Å². The Bertz CT molecular complexity index is 382. The first-order chi connectivity index (χ1) is 8.84. The summed E-state index contributed by atoms with van der Waals surface area (Å²) in [4.78, 5) is 0. The van der Waals surface area contributed by atoms with Gasteiger partial charge in [0, 0.05) is 5.56 Å². The van der Waals surface area contributed by atoms with Crippen LogP contribution in [0.15, 0.2) is 30.8 Å². The summed E-state index contributed by atoms with van der Waals surface area (Å²) in [7, 11) is 0. The van der Waals surface area contributed by atoms with Crippen molar-refractivity contribution in [3.63, 3.8) is 0 Å². The van der Waals surface area contributed by atoms with Gasteiger partial charge >= 0.3 is 0 Å². The van der Waals surface area contributed by atoms with E-state index < -0.39 is 0 Å². The highest BCUT2D eigenvalue weighted by molar-refractivity contribution is 5.47. The Morgan fingerprint density at radius 3 is 1.60 bits per heavy atom. The fourth-order valence-corrected chi connectivity index (χ4v) is 3.41. The Morgan fingerprint density at radius 1 is 0.900 bits per heavy atom. The molecule has 0 saturated heterocycles.